The molecule has 0 aliphatic rings. The summed E-state index contributed by atoms with van der Waals surface area (Å²) in [6.45, 7) is 1.85. The van der Waals surface area contributed by atoms with E-state index in [0.29, 0.717) is 0 Å². The summed E-state index contributed by atoms with van der Waals surface area (Å²) in [5.74, 6) is 0. The molecule has 21 heavy (non-hydrogen) atoms. The van der Waals surface area contributed by atoms with Gasteiger partial charge in [-0.2, -0.15) is 0 Å². The molecule has 0 fully saturated rings. The van der Waals surface area contributed by atoms with E-state index < -0.39 is 10.0 Å². The topological polar surface area (TPSA) is 62.6 Å². The van der Waals surface area contributed by atoms with E-state index in [2.05, 4.69) is 4.72 Å². The third-order valence-electron chi connectivity index (χ3n) is 3.27. The first-order chi connectivity index (χ1) is 9.92. The maximum absolute atomic E-state index is 12.2. The van der Waals surface area contributed by atoms with Crippen LogP contribution in [0.2, 0.25) is 0 Å². The molecule has 1 heterocycles. The van der Waals surface area contributed by atoms with Crippen LogP contribution in [0.25, 0.3) is 0 Å². The predicted molar refractivity (Wildman–Crippen MR) is 81.4 cm³/mol. The van der Waals surface area contributed by atoms with Crippen molar-refractivity contribution in [2.75, 3.05) is 14.1 Å². The number of nitrogens with one attached hydrogen (secondary N) is 1. The van der Waals surface area contributed by atoms with E-state index in [-0.39, 0.29) is 17.2 Å². The molecular weight excluding hydrogens is 288 g/mol. The Kier molecular flexibility index (Phi) is 4.82. The Morgan fingerprint density at radius 2 is 1.76 bits per heavy atom. The Hall–Kier alpha value is -1.63. The van der Waals surface area contributed by atoms with Gasteiger partial charge in [0.2, 0.25) is 5.09 Å². The Morgan fingerprint density at radius 1 is 1.10 bits per heavy atom. The van der Waals surface area contributed by atoms with Crippen LogP contribution in [0.5, 0.6) is 0 Å². The maximum atomic E-state index is 12.2. The van der Waals surface area contributed by atoms with Gasteiger partial charge in [-0.25, -0.2) is 13.1 Å². The number of rotatable bonds is 6. The second kappa shape index (κ2) is 6.43. The van der Waals surface area contributed by atoms with Gasteiger partial charge in [0, 0.05) is 6.04 Å². The van der Waals surface area contributed by atoms with E-state index >= 15 is 0 Å². The highest BCUT2D eigenvalue weighted by atomic mass is 32.2. The smallest absolute Gasteiger partial charge is 0.274 e. The third-order valence-corrected chi connectivity index (χ3v) is 4.72. The number of nitrogens with zero attached hydrogens (tertiary/aromatic N) is 1. The molecule has 6 heteroatoms. The summed E-state index contributed by atoms with van der Waals surface area (Å²) in [6, 6.07) is 12.4. The van der Waals surface area contributed by atoms with Gasteiger partial charge in [0.05, 0.1) is 12.3 Å². The summed E-state index contributed by atoms with van der Waals surface area (Å²) in [6.07, 6.45) is 1.35. The molecule has 0 saturated carbocycles. The zero-order valence-corrected chi connectivity index (χ0v) is 13.2. The van der Waals surface area contributed by atoms with Gasteiger partial charge in [-0.15, -0.1) is 0 Å². The first kappa shape index (κ1) is 15.8. The van der Waals surface area contributed by atoms with Crippen LogP contribution in [0.1, 0.15) is 18.5 Å². The Morgan fingerprint density at radius 3 is 2.29 bits per heavy atom. The molecule has 1 aromatic carbocycles. The van der Waals surface area contributed by atoms with Crippen molar-refractivity contribution in [3.8, 4) is 0 Å². The Balaban J connectivity index is 2.23. The van der Waals surface area contributed by atoms with Gasteiger partial charge >= 0.3 is 0 Å². The molecule has 0 spiro atoms. The Bertz CT molecular complexity index is 651. The number of hydrogen-bond donors (Lipinski definition) is 1. The second-order valence-electron chi connectivity index (χ2n) is 5.16. The molecule has 2 rings (SSSR count). The van der Waals surface area contributed by atoms with Crippen LogP contribution in [0.4, 0.5) is 0 Å². The molecule has 2 atom stereocenters. The molecule has 0 saturated heterocycles. The molecule has 2 aromatic rings. The van der Waals surface area contributed by atoms with E-state index in [4.69, 9.17) is 4.42 Å². The molecule has 0 aliphatic heterocycles. The summed E-state index contributed by atoms with van der Waals surface area (Å²) in [5.41, 5.74) is 1.05. The zero-order valence-electron chi connectivity index (χ0n) is 12.4. The van der Waals surface area contributed by atoms with Gasteiger partial charge < -0.3 is 9.32 Å². The summed E-state index contributed by atoms with van der Waals surface area (Å²) in [4.78, 5) is 1.99. The van der Waals surface area contributed by atoms with Crippen molar-refractivity contribution >= 4 is 10.0 Å². The quantitative estimate of drug-likeness (QED) is 0.889. The van der Waals surface area contributed by atoms with Crippen LogP contribution in [-0.2, 0) is 10.0 Å². The first-order valence-corrected chi connectivity index (χ1v) is 8.17. The Labute approximate surface area is 125 Å². The molecule has 0 bridgehead atoms. The minimum absolute atomic E-state index is 0.0695. The molecule has 0 radical (unpaired) electrons. The van der Waals surface area contributed by atoms with Crippen molar-refractivity contribution in [3.05, 3.63) is 54.3 Å². The van der Waals surface area contributed by atoms with Crippen molar-refractivity contribution in [2.24, 2.45) is 0 Å². The summed E-state index contributed by atoms with van der Waals surface area (Å²) in [5, 5.41) is -0.0695. The molecule has 0 aliphatic carbocycles. The van der Waals surface area contributed by atoms with Crippen molar-refractivity contribution in [1.29, 1.82) is 0 Å². The molecule has 1 N–H and O–H groups in total. The van der Waals surface area contributed by atoms with Crippen LogP contribution in [0.15, 0.2) is 58.2 Å². The minimum atomic E-state index is -3.65. The van der Waals surface area contributed by atoms with Crippen molar-refractivity contribution < 1.29 is 12.8 Å². The van der Waals surface area contributed by atoms with Gasteiger partial charge in [0.15, 0.2) is 0 Å². The molecule has 1 aromatic heterocycles. The van der Waals surface area contributed by atoms with Crippen molar-refractivity contribution in [3.63, 3.8) is 0 Å². The number of sulfonamides is 1. The highest BCUT2D eigenvalue weighted by molar-refractivity contribution is 7.89. The normalized spacial score (nSPS) is 15.0. The molecule has 0 unspecified atom stereocenters. The highest BCUT2D eigenvalue weighted by Crippen LogP contribution is 2.23. The largest absolute Gasteiger partial charge is 0.452 e. The van der Waals surface area contributed by atoms with E-state index in [9.17, 15) is 8.42 Å². The first-order valence-electron chi connectivity index (χ1n) is 6.69. The monoisotopic (exact) mass is 308 g/mol. The van der Waals surface area contributed by atoms with Crippen molar-refractivity contribution in [1.82, 2.24) is 9.62 Å². The fourth-order valence-electron chi connectivity index (χ4n) is 2.47. The summed E-state index contributed by atoms with van der Waals surface area (Å²) < 4.78 is 32.1. The maximum Gasteiger partial charge on any atom is 0.274 e. The van der Waals surface area contributed by atoms with Gasteiger partial charge in [-0.3, -0.25) is 0 Å². The standard InChI is InChI=1S/C15H20N2O3S/c1-12(16-21(18,19)14-10-7-11-20-14)15(17(2)3)13-8-5-4-6-9-13/h4-12,15-16H,1-3H3/t12-,15-/m1/s1. The van der Waals surface area contributed by atoms with Crippen LogP contribution in [0, 0.1) is 0 Å². The van der Waals surface area contributed by atoms with Gasteiger partial charge in [-0.05, 0) is 38.7 Å². The van der Waals surface area contributed by atoms with Crippen LogP contribution < -0.4 is 4.72 Å². The number of likely N-dealkylation sites (N-methyl/N-ethyl adjacent to an activating group) is 1. The van der Waals surface area contributed by atoms with E-state index in [1.54, 1.807) is 6.07 Å². The molecule has 0 amide bonds. The van der Waals surface area contributed by atoms with Gasteiger partial charge in [0.25, 0.3) is 10.0 Å². The fraction of sp³-hybridized carbons (Fsp3) is 0.333. The van der Waals surface area contributed by atoms with Crippen LogP contribution in [0.3, 0.4) is 0 Å². The lowest BCUT2D eigenvalue weighted by Crippen LogP contribution is -2.42. The fourth-order valence-corrected chi connectivity index (χ4v) is 3.64. The van der Waals surface area contributed by atoms with Crippen LogP contribution >= 0.6 is 0 Å². The van der Waals surface area contributed by atoms with Crippen molar-refractivity contribution in [2.45, 2.75) is 24.1 Å². The molecular formula is C15H20N2O3S. The minimum Gasteiger partial charge on any atom is -0.452 e. The van der Waals surface area contributed by atoms with Gasteiger partial charge in [-0.1, -0.05) is 30.3 Å². The van der Waals surface area contributed by atoms with E-state index in [1.165, 1.54) is 12.3 Å². The average Bonchev–Trinajstić information content (AvgIpc) is 2.93. The second-order valence-corrected chi connectivity index (χ2v) is 6.81. The summed E-state index contributed by atoms with van der Waals surface area (Å²) >= 11 is 0. The SMILES string of the molecule is C[C@@H](NS(=O)(=O)c1ccco1)[C@H](c1ccccc1)N(C)C. The lowest BCUT2D eigenvalue weighted by atomic mass is 10.0. The van der Waals surface area contributed by atoms with Gasteiger partial charge in [0.1, 0.15) is 0 Å². The third kappa shape index (κ3) is 3.72. The zero-order chi connectivity index (χ0) is 15.5. The lowest BCUT2D eigenvalue weighted by molar-refractivity contribution is 0.255. The average molecular weight is 308 g/mol. The number of furan rings is 1. The lowest BCUT2D eigenvalue weighted by Gasteiger charge is -2.30. The molecule has 114 valence electrons. The van der Waals surface area contributed by atoms with E-state index in [0.717, 1.165) is 5.56 Å². The number of hydrogen-bond acceptors (Lipinski definition) is 4. The summed E-state index contributed by atoms with van der Waals surface area (Å²) in [7, 11) is 0.206. The predicted octanol–water partition coefficient (Wildman–Crippen LogP) is 2.25. The van der Waals surface area contributed by atoms with Crippen LogP contribution in [-0.4, -0.2) is 33.5 Å². The number of benzene rings is 1. The highest BCUT2D eigenvalue weighted by Gasteiger charge is 2.27. The molecule has 5 nitrogen and oxygen atoms in total. The van der Waals surface area contributed by atoms with E-state index in [1.807, 2.05) is 56.3 Å².